The van der Waals surface area contributed by atoms with E-state index in [0.29, 0.717) is 16.8 Å². The lowest BCUT2D eigenvalue weighted by Gasteiger charge is -2.47. The summed E-state index contributed by atoms with van der Waals surface area (Å²) in [4.78, 5) is 2.61. The van der Waals surface area contributed by atoms with Gasteiger partial charge in [0.2, 0.25) is 0 Å². The largest absolute Gasteiger partial charge is 0.508 e. The molecule has 0 aromatic heterocycles. The number of phenols is 1. The number of hydrogen-bond donors (Lipinski definition) is 1. The summed E-state index contributed by atoms with van der Waals surface area (Å²) >= 11 is 6.11. The Balaban J connectivity index is 1.84. The van der Waals surface area contributed by atoms with Gasteiger partial charge in [-0.1, -0.05) is 24.4 Å². The molecular weight excluding hydrogens is 270 g/mol. The zero-order valence-corrected chi connectivity index (χ0v) is 12.9. The monoisotopic (exact) mass is 293 g/mol. The van der Waals surface area contributed by atoms with Crippen molar-refractivity contribution < 1.29 is 5.11 Å². The van der Waals surface area contributed by atoms with Crippen molar-refractivity contribution >= 4 is 11.6 Å². The maximum atomic E-state index is 10.1. The van der Waals surface area contributed by atoms with Crippen molar-refractivity contribution in [1.82, 2.24) is 4.90 Å². The average Bonchev–Trinajstić information content (AvgIpc) is 2.48. The highest BCUT2D eigenvalue weighted by molar-refractivity contribution is 6.30. The lowest BCUT2D eigenvalue weighted by atomic mass is 9.77. The van der Waals surface area contributed by atoms with Crippen LogP contribution in [0.1, 0.15) is 57.1 Å². The van der Waals surface area contributed by atoms with Crippen LogP contribution in [0, 0.1) is 5.92 Å². The van der Waals surface area contributed by atoms with Crippen LogP contribution in [0.2, 0.25) is 5.02 Å². The number of rotatable bonds is 2. The van der Waals surface area contributed by atoms with Crippen molar-refractivity contribution in [3.05, 3.63) is 28.8 Å². The quantitative estimate of drug-likeness (QED) is 0.850. The summed E-state index contributed by atoms with van der Waals surface area (Å²) < 4.78 is 0. The highest BCUT2D eigenvalue weighted by atomic mass is 35.5. The molecule has 1 aromatic carbocycles. The maximum Gasteiger partial charge on any atom is 0.120 e. The molecule has 0 bridgehead atoms. The SMILES string of the molecule is CC(c1cc(Cl)ccc1O)N1CCC[C@H]2CCCC[C@H]21. The van der Waals surface area contributed by atoms with Crippen LogP contribution in [0.5, 0.6) is 5.75 Å². The predicted molar refractivity (Wildman–Crippen MR) is 83.2 cm³/mol. The van der Waals surface area contributed by atoms with E-state index in [1.54, 1.807) is 12.1 Å². The van der Waals surface area contributed by atoms with Crippen molar-refractivity contribution in [3.8, 4) is 5.75 Å². The van der Waals surface area contributed by atoms with E-state index in [0.717, 1.165) is 18.0 Å². The van der Waals surface area contributed by atoms with Gasteiger partial charge in [-0.05, 0) is 63.3 Å². The minimum Gasteiger partial charge on any atom is -0.508 e. The molecule has 3 rings (SSSR count). The molecule has 1 aromatic rings. The molecule has 0 radical (unpaired) electrons. The van der Waals surface area contributed by atoms with Gasteiger partial charge in [-0.15, -0.1) is 0 Å². The molecule has 1 unspecified atom stereocenters. The number of fused-ring (bicyclic) bond motifs is 1. The van der Waals surface area contributed by atoms with Gasteiger partial charge in [-0.3, -0.25) is 4.90 Å². The standard InChI is InChI=1S/C17H24ClNO/c1-12(15-11-14(18)8-9-17(15)20)19-10-4-6-13-5-2-3-7-16(13)19/h8-9,11-13,16,20H,2-7,10H2,1H3/t12?,13-,16-/m1/s1. The first-order valence-corrected chi connectivity index (χ1v) is 8.29. The third-order valence-corrected chi connectivity index (χ3v) is 5.46. The molecule has 1 aliphatic carbocycles. The Kier molecular flexibility index (Phi) is 4.23. The second kappa shape index (κ2) is 5.95. The van der Waals surface area contributed by atoms with E-state index in [2.05, 4.69) is 11.8 Å². The third-order valence-electron chi connectivity index (χ3n) is 5.22. The van der Waals surface area contributed by atoms with E-state index in [1.807, 2.05) is 6.07 Å². The number of nitrogens with zero attached hydrogens (tertiary/aromatic N) is 1. The van der Waals surface area contributed by atoms with Gasteiger partial charge in [0.05, 0.1) is 0 Å². The van der Waals surface area contributed by atoms with Crippen molar-refractivity contribution in [2.45, 2.75) is 57.5 Å². The topological polar surface area (TPSA) is 23.5 Å². The summed E-state index contributed by atoms with van der Waals surface area (Å²) in [7, 11) is 0. The Morgan fingerprint density at radius 3 is 2.80 bits per heavy atom. The van der Waals surface area contributed by atoms with Gasteiger partial charge in [0.1, 0.15) is 5.75 Å². The first-order chi connectivity index (χ1) is 9.66. The normalized spacial score (nSPS) is 28.9. The molecular formula is C17H24ClNO. The van der Waals surface area contributed by atoms with Crippen molar-refractivity contribution in [2.24, 2.45) is 5.92 Å². The highest BCUT2D eigenvalue weighted by Crippen LogP contribution is 2.41. The summed E-state index contributed by atoms with van der Waals surface area (Å²) in [5.41, 5.74) is 0.976. The first-order valence-electron chi connectivity index (χ1n) is 7.91. The Morgan fingerprint density at radius 2 is 1.95 bits per heavy atom. The highest BCUT2D eigenvalue weighted by Gasteiger charge is 2.36. The lowest BCUT2D eigenvalue weighted by Crippen LogP contribution is -2.47. The third kappa shape index (κ3) is 2.68. The fraction of sp³-hybridized carbons (Fsp3) is 0.647. The van der Waals surface area contributed by atoms with E-state index in [-0.39, 0.29) is 6.04 Å². The van der Waals surface area contributed by atoms with Crippen LogP contribution in [0.15, 0.2) is 18.2 Å². The summed E-state index contributed by atoms with van der Waals surface area (Å²) in [6, 6.07) is 6.35. The summed E-state index contributed by atoms with van der Waals surface area (Å²) in [5.74, 6) is 1.24. The van der Waals surface area contributed by atoms with Crippen LogP contribution < -0.4 is 0 Å². The first kappa shape index (κ1) is 14.2. The van der Waals surface area contributed by atoms with E-state index in [4.69, 9.17) is 11.6 Å². The van der Waals surface area contributed by atoms with Crippen LogP contribution in [0.3, 0.4) is 0 Å². The molecule has 3 atom stereocenters. The zero-order valence-electron chi connectivity index (χ0n) is 12.2. The van der Waals surface area contributed by atoms with E-state index >= 15 is 0 Å². The number of aromatic hydroxyl groups is 1. The van der Waals surface area contributed by atoms with E-state index in [1.165, 1.54) is 38.5 Å². The molecule has 110 valence electrons. The summed E-state index contributed by atoms with van der Waals surface area (Å²) in [6.07, 6.45) is 8.12. The molecule has 1 aliphatic heterocycles. The summed E-state index contributed by atoms with van der Waals surface area (Å²) in [6.45, 7) is 3.36. The van der Waals surface area contributed by atoms with E-state index in [9.17, 15) is 5.11 Å². The molecule has 20 heavy (non-hydrogen) atoms. The molecule has 0 amide bonds. The Bertz CT molecular complexity index is 474. The predicted octanol–water partition coefficient (Wildman–Crippen LogP) is 4.76. The summed E-state index contributed by atoms with van der Waals surface area (Å²) in [5, 5.41) is 10.9. The van der Waals surface area contributed by atoms with Crippen LogP contribution in [-0.2, 0) is 0 Å². The minimum absolute atomic E-state index is 0.250. The maximum absolute atomic E-state index is 10.1. The number of halogens is 1. The van der Waals surface area contributed by atoms with Crippen molar-refractivity contribution in [2.75, 3.05) is 6.54 Å². The molecule has 1 N–H and O–H groups in total. The number of hydrogen-bond acceptors (Lipinski definition) is 2. The van der Waals surface area contributed by atoms with Crippen LogP contribution >= 0.6 is 11.6 Å². The van der Waals surface area contributed by atoms with Crippen molar-refractivity contribution in [3.63, 3.8) is 0 Å². The van der Waals surface area contributed by atoms with Gasteiger partial charge < -0.3 is 5.11 Å². The van der Waals surface area contributed by atoms with Gasteiger partial charge in [0.25, 0.3) is 0 Å². The molecule has 0 spiro atoms. The number of phenolic OH excluding ortho intramolecular Hbond substituents is 1. The Morgan fingerprint density at radius 1 is 1.20 bits per heavy atom. The second-order valence-corrected chi connectivity index (χ2v) is 6.81. The van der Waals surface area contributed by atoms with Crippen LogP contribution in [0.25, 0.3) is 0 Å². The molecule has 2 aliphatic rings. The van der Waals surface area contributed by atoms with Gasteiger partial charge in [0.15, 0.2) is 0 Å². The second-order valence-electron chi connectivity index (χ2n) is 6.37. The number of benzene rings is 1. The van der Waals surface area contributed by atoms with Gasteiger partial charge in [0, 0.05) is 22.7 Å². The average molecular weight is 294 g/mol. The van der Waals surface area contributed by atoms with Crippen molar-refractivity contribution in [1.29, 1.82) is 0 Å². The smallest absolute Gasteiger partial charge is 0.120 e. The molecule has 3 heteroatoms. The van der Waals surface area contributed by atoms with E-state index < -0.39 is 0 Å². The lowest BCUT2D eigenvalue weighted by molar-refractivity contribution is 0.0301. The van der Waals surface area contributed by atoms with Crippen LogP contribution in [0.4, 0.5) is 0 Å². The number of piperidine rings is 1. The number of likely N-dealkylation sites (tertiary alicyclic amines) is 1. The zero-order chi connectivity index (χ0) is 14.1. The Hall–Kier alpha value is -0.730. The van der Waals surface area contributed by atoms with Gasteiger partial charge in [-0.2, -0.15) is 0 Å². The Labute approximate surface area is 126 Å². The minimum atomic E-state index is 0.250. The fourth-order valence-corrected chi connectivity index (χ4v) is 4.36. The fourth-order valence-electron chi connectivity index (χ4n) is 4.18. The molecule has 2 fully saturated rings. The molecule has 2 nitrogen and oxygen atoms in total. The van der Waals surface area contributed by atoms with Crippen LogP contribution in [-0.4, -0.2) is 22.6 Å². The molecule has 1 heterocycles. The molecule has 1 saturated carbocycles. The van der Waals surface area contributed by atoms with Gasteiger partial charge in [-0.25, -0.2) is 0 Å². The molecule has 1 saturated heterocycles. The van der Waals surface area contributed by atoms with Gasteiger partial charge >= 0.3 is 0 Å².